The van der Waals surface area contributed by atoms with Crippen molar-refractivity contribution in [3.05, 3.63) is 70.5 Å². The standard InChI is InChI=1S/C21H23ClN4O3S/c1-13-5-8-18(9-6-13)30(28,29)25-17-7-10-20(19(22)12-17)23-21(27)16(4)26-15(3)11-14(2)24-26/h5-12,16,25H,1-4H3,(H,23,27). The van der Waals surface area contributed by atoms with E-state index in [0.29, 0.717) is 11.4 Å². The summed E-state index contributed by atoms with van der Waals surface area (Å²) in [5, 5.41) is 7.31. The smallest absolute Gasteiger partial charge is 0.261 e. The van der Waals surface area contributed by atoms with Gasteiger partial charge in [0, 0.05) is 5.69 Å². The number of nitrogens with zero attached hydrogens (tertiary/aromatic N) is 2. The van der Waals surface area contributed by atoms with Crippen molar-refractivity contribution in [2.45, 2.75) is 38.6 Å². The lowest BCUT2D eigenvalue weighted by atomic mass is 10.2. The van der Waals surface area contributed by atoms with Gasteiger partial charge in [0.15, 0.2) is 0 Å². The number of nitrogens with one attached hydrogen (secondary N) is 2. The number of anilines is 2. The minimum atomic E-state index is -3.74. The van der Waals surface area contributed by atoms with Gasteiger partial charge < -0.3 is 5.32 Å². The first-order valence-electron chi connectivity index (χ1n) is 9.29. The molecule has 7 nitrogen and oxygen atoms in total. The van der Waals surface area contributed by atoms with Gasteiger partial charge in [0.1, 0.15) is 6.04 Å². The van der Waals surface area contributed by atoms with Crippen molar-refractivity contribution in [2.24, 2.45) is 0 Å². The van der Waals surface area contributed by atoms with Gasteiger partial charge in [-0.05, 0) is 64.1 Å². The number of hydrogen-bond donors (Lipinski definition) is 2. The fourth-order valence-electron chi connectivity index (χ4n) is 3.00. The van der Waals surface area contributed by atoms with Gasteiger partial charge >= 0.3 is 0 Å². The number of halogens is 1. The molecule has 0 aliphatic rings. The highest BCUT2D eigenvalue weighted by Gasteiger charge is 2.20. The number of benzene rings is 2. The van der Waals surface area contributed by atoms with Gasteiger partial charge in [-0.1, -0.05) is 29.3 Å². The topological polar surface area (TPSA) is 93.1 Å². The van der Waals surface area contributed by atoms with Crippen molar-refractivity contribution < 1.29 is 13.2 Å². The second kappa shape index (κ2) is 8.49. The summed E-state index contributed by atoms with van der Waals surface area (Å²) in [5.41, 5.74) is 3.35. The zero-order valence-electron chi connectivity index (χ0n) is 17.1. The van der Waals surface area contributed by atoms with E-state index in [-0.39, 0.29) is 15.8 Å². The van der Waals surface area contributed by atoms with Gasteiger partial charge in [-0.15, -0.1) is 0 Å². The molecule has 0 spiro atoms. The third kappa shape index (κ3) is 4.83. The van der Waals surface area contributed by atoms with E-state index < -0.39 is 16.1 Å². The molecule has 158 valence electrons. The van der Waals surface area contributed by atoms with Crippen molar-refractivity contribution in [1.29, 1.82) is 0 Å². The minimum Gasteiger partial charge on any atom is -0.323 e. The van der Waals surface area contributed by atoms with Crippen molar-refractivity contribution in [3.63, 3.8) is 0 Å². The number of hydrogen-bond acceptors (Lipinski definition) is 4. The molecule has 0 radical (unpaired) electrons. The average molecular weight is 447 g/mol. The number of aromatic nitrogens is 2. The van der Waals surface area contributed by atoms with Crippen LogP contribution in [0.25, 0.3) is 0 Å². The van der Waals surface area contributed by atoms with Crippen LogP contribution in [0.1, 0.15) is 29.9 Å². The normalized spacial score (nSPS) is 12.4. The molecule has 1 amide bonds. The molecule has 2 N–H and O–H groups in total. The molecular formula is C21H23ClN4O3S. The van der Waals surface area contributed by atoms with E-state index in [2.05, 4.69) is 15.1 Å². The second-order valence-electron chi connectivity index (χ2n) is 7.15. The predicted molar refractivity (Wildman–Crippen MR) is 118 cm³/mol. The summed E-state index contributed by atoms with van der Waals surface area (Å²) in [5.74, 6) is -0.281. The van der Waals surface area contributed by atoms with Crippen LogP contribution in [-0.2, 0) is 14.8 Å². The maximum Gasteiger partial charge on any atom is 0.261 e. The van der Waals surface area contributed by atoms with E-state index in [0.717, 1.165) is 17.0 Å². The highest BCUT2D eigenvalue weighted by atomic mass is 35.5. The Morgan fingerprint density at radius 2 is 1.73 bits per heavy atom. The van der Waals surface area contributed by atoms with Crippen LogP contribution in [0.5, 0.6) is 0 Å². The van der Waals surface area contributed by atoms with Gasteiger partial charge in [-0.25, -0.2) is 8.42 Å². The van der Waals surface area contributed by atoms with E-state index in [1.54, 1.807) is 35.9 Å². The van der Waals surface area contributed by atoms with Crippen LogP contribution in [0.4, 0.5) is 11.4 Å². The summed E-state index contributed by atoms with van der Waals surface area (Å²) in [4.78, 5) is 12.8. The summed E-state index contributed by atoms with van der Waals surface area (Å²) < 4.78 is 29.2. The second-order valence-corrected chi connectivity index (χ2v) is 9.24. The van der Waals surface area contributed by atoms with Gasteiger partial charge in [0.25, 0.3) is 10.0 Å². The molecule has 0 fully saturated rings. The Morgan fingerprint density at radius 3 is 2.30 bits per heavy atom. The number of carbonyl (C=O) groups excluding carboxylic acids is 1. The van der Waals surface area contributed by atoms with Crippen molar-refractivity contribution in [2.75, 3.05) is 10.0 Å². The average Bonchev–Trinajstić information content (AvgIpc) is 3.01. The molecule has 9 heteroatoms. The van der Waals surface area contributed by atoms with Crippen molar-refractivity contribution in [3.8, 4) is 0 Å². The van der Waals surface area contributed by atoms with E-state index in [1.165, 1.54) is 18.2 Å². The van der Waals surface area contributed by atoms with Crippen molar-refractivity contribution >= 4 is 38.9 Å². The van der Waals surface area contributed by atoms with E-state index in [9.17, 15) is 13.2 Å². The quantitative estimate of drug-likeness (QED) is 0.584. The Hall–Kier alpha value is -2.84. The summed E-state index contributed by atoms with van der Waals surface area (Å²) in [6.07, 6.45) is 0. The Bertz CT molecular complexity index is 1190. The molecule has 0 saturated heterocycles. The fourth-order valence-corrected chi connectivity index (χ4v) is 4.28. The predicted octanol–water partition coefficient (Wildman–Crippen LogP) is 4.46. The summed E-state index contributed by atoms with van der Waals surface area (Å²) >= 11 is 6.28. The van der Waals surface area contributed by atoms with Crippen LogP contribution >= 0.6 is 11.6 Å². The highest BCUT2D eigenvalue weighted by molar-refractivity contribution is 7.92. The van der Waals surface area contributed by atoms with Crippen molar-refractivity contribution in [1.82, 2.24) is 9.78 Å². The lowest BCUT2D eigenvalue weighted by Crippen LogP contribution is -2.25. The van der Waals surface area contributed by atoms with Crippen LogP contribution in [0, 0.1) is 20.8 Å². The van der Waals surface area contributed by atoms with Crippen LogP contribution in [0.2, 0.25) is 5.02 Å². The van der Waals surface area contributed by atoms with Gasteiger partial charge in [0.2, 0.25) is 5.91 Å². The Kier molecular flexibility index (Phi) is 6.19. The lowest BCUT2D eigenvalue weighted by Gasteiger charge is -2.16. The van der Waals surface area contributed by atoms with Crippen LogP contribution in [-0.4, -0.2) is 24.1 Å². The monoisotopic (exact) mass is 446 g/mol. The first-order valence-corrected chi connectivity index (χ1v) is 11.2. The van der Waals surface area contributed by atoms with E-state index in [4.69, 9.17) is 11.6 Å². The summed E-state index contributed by atoms with van der Waals surface area (Å²) in [6, 6.07) is 12.4. The largest absolute Gasteiger partial charge is 0.323 e. The van der Waals surface area contributed by atoms with Crippen LogP contribution < -0.4 is 10.0 Å². The molecule has 2 aromatic carbocycles. The zero-order valence-corrected chi connectivity index (χ0v) is 18.7. The van der Waals surface area contributed by atoms with E-state index in [1.807, 2.05) is 26.8 Å². The molecule has 3 rings (SSSR count). The maximum atomic E-state index is 12.6. The summed E-state index contributed by atoms with van der Waals surface area (Å²) in [6.45, 7) is 7.37. The lowest BCUT2D eigenvalue weighted by molar-refractivity contribution is -0.119. The molecule has 0 bridgehead atoms. The summed E-state index contributed by atoms with van der Waals surface area (Å²) in [7, 11) is -3.74. The first kappa shape index (κ1) is 21.9. The van der Waals surface area contributed by atoms with Crippen LogP contribution in [0.15, 0.2) is 53.4 Å². The zero-order chi connectivity index (χ0) is 22.1. The van der Waals surface area contributed by atoms with Gasteiger partial charge in [0.05, 0.1) is 27.0 Å². The molecular weight excluding hydrogens is 424 g/mol. The molecule has 1 aromatic heterocycles. The molecule has 0 aliphatic heterocycles. The number of sulfonamides is 1. The number of rotatable bonds is 6. The van der Waals surface area contributed by atoms with Gasteiger partial charge in [-0.2, -0.15) is 5.10 Å². The number of aryl methyl sites for hydroxylation is 3. The SMILES string of the molecule is Cc1ccc(S(=O)(=O)Nc2ccc(NC(=O)C(C)n3nc(C)cc3C)c(Cl)c2)cc1. The third-order valence-electron chi connectivity index (χ3n) is 4.60. The maximum absolute atomic E-state index is 12.6. The Labute approximate surface area is 181 Å². The van der Waals surface area contributed by atoms with Crippen LogP contribution in [0.3, 0.4) is 0 Å². The number of amides is 1. The van der Waals surface area contributed by atoms with Gasteiger partial charge in [-0.3, -0.25) is 14.2 Å². The Morgan fingerprint density at radius 1 is 1.07 bits per heavy atom. The first-order chi connectivity index (χ1) is 14.1. The molecule has 3 aromatic rings. The minimum absolute atomic E-state index is 0.153. The molecule has 1 unspecified atom stereocenters. The highest BCUT2D eigenvalue weighted by Crippen LogP contribution is 2.28. The molecule has 0 aliphatic carbocycles. The molecule has 0 saturated carbocycles. The van der Waals surface area contributed by atoms with E-state index >= 15 is 0 Å². The third-order valence-corrected chi connectivity index (χ3v) is 6.31. The molecule has 1 atom stereocenters. The Balaban J connectivity index is 1.74. The fraction of sp³-hybridized carbons (Fsp3) is 0.238. The number of carbonyl (C=O) groups is 1. The molecule has 30 heavy (non-hydrogen) atoms. The molecule has 1 heterocycles.